The first-order valence-corrected chi connectivity index (χ1v) is 12.4. The average Bonchev–Trinajstić information content (AvgIpc) is 2.91. The van der Waals surface area contributed by atoms with Crippen molar-refractivity contribution in [3.63, 3.8) is 0 Å². The van der Waals surface area contributed by atoms with Crippen LogP contribution >= 0.6 is 0 Å². The highest BCUT2D eigenvalue weighted by molar-refractivity contribution is 5.87. The van der Waals surface area contributed by atoms with Crippen molar-refractivity contribution >= 4 is 23.4 Å². The van der Waals surface area contributed by atoms with Gasteiger partial charge in [0.1, 0.15) is 5.82 Å². The van der Waals surface area contributed by atoms with Gasteiger partial charge >= 0.3 is 0 Å². The van der Waals surface area contributed by atoms with Crippen LogP contribution in [0.25, 0.3) is 0 Å². The van der Waals surface area contributed by atoms with E-state index in [-0.39, 0.29) is 11.8 Å². The van der Waals surface area contributed by atoms with Gasteiger partial charge in [0, 0.05) is 43.6 Å². The van der Waals surface area contributed by atoms with Gasteiger partial charge in [-0.1, -0.05) is 78.4 Å². The van der Waals surface area contributed by atoms with Crippen LogP contribution in [0.4, 0.5) is 17.5 Å². The summed E-state index contributed by atoms with van der Waals surface area (Å²) in [6.45, 7) is 6.70. The fourth-order valence-corrected chi connectivity index (χ4v) is 4.62. The predicted octanol–water partition coefficient (Wildman–Crippen LogP) is 5.32. The molecule has 6 heteroatoms. The fraction of sp³-hybridized carbons (Fsp3) is 0.233. The third-order valence-corrected chi connectivity index (χ3v) is 6.55. The van der Waals surface area contributed by atoms with Gasteiger partial charge < -0.3 is 15.1 Å². The topological polar surface area (TPSA) is 61.4 Å². The molecule has 1 aliphatic heterocycles. The van der Waals surface area contributed by atoms with Gasteiger partial charge in [0.2, 0.25) is 11.9 Å². The molecule has 0 atom stereocenters. The molecule has 1 N–H and O–H groups in total. The number of aryl methyl sites for hydroxylation is 2. The van der Waals surface area contributed by atoms with Crippen LogP contribution < -0.4 is 10.2 Å². The predicted molar refractivity (Wildman–Crippen MR) is 145 cm³/mol. The number of amides is 1. The third kappa shape index (κ3) is 5.38. The summed E-state index contributed by atoms with van der Waals surface area (Å²) in [6, 6.07) is 30.3. The van der Waals surface area contributed by atoms with Crippen LogP contribution in [0, 0.1) is 13.8 Å². The van der Waals surface area contributed by atoms with Gasteiger partial charge in [-0.05, 0) is 37.1 Å². The Morgan fingerprint density at radius 1 is 0.778 bits per heavy atom. The number of piperazine rings is 1. The van der Waals surface area contributed by atoms with E-state index in [2.05, 4.69) is 34.3 Å². The first-order valence-electron chi connectivity index (χ1n) is 12.4. The Kier molecular flexibility index (Phi) is 6.94. The molecule has 0 unspecified atom stereocenters. The molecule has 1 saturated heterocycles. The number of rotatable bonds is 6. The van der Waals surface area contributed by atoms with Crippen molar-refractivity contribution in [2.75, 3.05) is 36.4 Å². The fourth-order valence-electron chi connectivity index (χ4n) is 4.62. The van der Waals surface area contributed by atoms with Crippen molar-refractivity contribution in [1.29, 1.82) is 0 Å². The summed E-state index contributed by atoms with van der Waals surface area (Å²) in [7, 11) is 0. The minimum atomic E-state index is -0.306. The second-order valence-electron chi connectivity index (χ2n) is 9.25. The monoisotopic (exact) mass is 477 g/mol. The van der Waals surface area contributed by atoms with E-state index in [1.54, 1.807) is 0 Å². The molecule has 0 aliphatic carbocycles. The van der Waals surface area contributed by atoms with E-state index in [1.165, 1.54) is 5.56 Å². The lowest BCUT2D eigenvalue weighted by molar-refractivity contribution is -0.132. The Bertz CT molecular complexity index is 1260. The zero-order chi connectivity index (χ0) is 24.9. The molecule has 0 bridgehead atoms. The van der Waals surface area contributed by atoms with Crippen molar-refractivity contribution in [3.05, 3.63) is 113 Å². The van der Waals surface area contributed by atoms with E-state index in [9.17, 15) is 4.79 Å². The van der Waals surface area contributed by atoms with E-state index in [0.717, 1.165) is 28.3 Å². The standard InChI is InChI=1S/C30H31N5O/c1-22-13-15-26(16-14-22)32-27-21-23(2)31-30(33-27)35-19-17-34(18-20-35)29(36)28(24-9-5-3-6-10-24)25-11-7-4-8-12-25/h3-16,21,28H,17-20H2,1-2H3,(H,31,32,33). The second-order valence-corrected chi connectivity index (χ2v) is 9.25. The van der Waals surface area contributed by atoms with E-state index >= 15 is 0 Å². The summed E-state index contributed by atoms with van der Waals surface area (Å²) < 4.78 is 0. The maximum absolute atomic E-state index is 13.7. The van der Waals surface area contributed by atoms with Crippen LogP contribution in [0.3, 0.4) is 0 Å². The molecule has 5 rings (SSSR count). The number of aromatic nitrogens is 2. The number of hydrogen-bond donors (Lipinski definition) is 1. The van der Waals surface area contributed by atoms with E-state index in [4.69, 9.17) is 4.98 Å². The molecule has 3 aromatic carbocycles. The van der Waals surface area contributed by atoms with Crippen LogP contribution in [0.15, 0.2) is 91.0 Å². The zero-order valence-corrected chi connectivity index (χ0v) is 20.8. The molecular formula is C30H31N5O. The van der Waals surface area contributed by atoms with Gasteiger partial charge in [-0.15, -0.1) is 0 Å². The molecule has 1 fully saturated rings. The number of anilines is 3. The van der Waals surface area contributed by atoms with E-state index in [0.29, 0.717) is 32.1 Å². The molecule has 0 radical (unpaired) electrons. The minimum Gasteiger partial charge on any atom is -0.340 e. The molecule has 0 saturated carbocycles. The largest absolute Gasteiger partial charge is 0.340 e. The smallest absolute Gasteiger partial charge is 0.234 e. The van der Waals surface area contributed by atoms with Gasteiger partial charge in [-0.3, -0.25) is 4.79 Å². The third-order valence-electron chi connectivity index (χ3n) is 6.55. The Morgan fingerprint density at radius 2 is 1.36 bits per heavy atom. The lowest BCUT2D eigenvalue weighted by atomic mass is 9.90. The van der Waals surface area contributed by atoms with Crippen molar-refractivity contribution in [2.24, 2.45) is 0 Å². The molecule has 1 aromatic heterocycles. The first-order chi connectivity index (χ1) is 17.6. The van der Waals surface area contributed by atoms with Crippen molar-refractivity contribution in [3.8, 4) is 0 Å². The summed E-state index contributed by atoms with van der Waals surface area (Å²) in [6.07, 6.45) is 0. The van der Waals surface area contributed by atoms with Gasteiger partial charge in [-0.25, -0.2) is 4.98 Å². The Labute approximate surface area is 212 Å². The molecule has 4 aromatic rings. The van der Waals surface area contributed by atoms with Gasteiger partial charge in [0.05, 0.1) is 5.92 Å². The number of carbonyl (C=O) groups excluding carboxylic acids is 1. The van der Waals surface area contributed by atoms with Crippen molar-refractivity contribution < 1.29 is 4.79 Å². The van der Waals surface area contributed by atoms with Gasteiger partial charge in [-0.2, -0.15) is 4.98 Å². The normalized spacial score (nSPS) is 13.6. The lowest BCUT2D eigenvalue weighted by Crippen LogP contribution is -2.50. The van der Waals surface area contributed by atoms with Crippen LogP contribution in [0.5, 0.6) is 0 Å². The Hall–Kier alpha value is -4.19. The number of hydrogen-bond acceptors (Lipinski definition) is 5. The number of nitrogens with one attached hydrogen (secondary N) is 1. The quantitative estimate of drug-likeness (QED) is 0.407. The average molecular weight is 478 g/mol. The summed E-state index contributed by atoms with van der Waals surface area (Å²) >= 11 is 0. The van der Waals surface area contributed by atoms with Crippen LogP contribution in [0.1, 0.15) is 28.3 Å². The molecule has 36 heavy (non-hydrogen) atoms. The summed E-state index contributed by atoms with van der Waals surface area (Å²) in [5.41, 5.74) is 5.15. The Balaban J connectivity index is 1.30. The highest BCUT2D eigenvalue weighted by Crippen LogP contribution is 2.28. The van der Waals surface area contributed by atoms with Gasteiger partial charge in [0.15, 0.2) is 0 Å². The summed E-state index contributed by atoms with van der Waals surface area (Å²) in [5.74, 6) is 1.30. The molecule has 0 spiro atoms. The van der Waals surface area contributed by atoms with Crippen molar-refractivity contribution in [2.45, 2.75) is 19.8 Å². The Morgan fingerprint density at radius 3 is 1.94 bits per heavy atom. The molecule has 2 heterocycles. The SMILES string of the molecule is Cc1ccc(Nc2cc(C)nc(N3CCN(C(=O)C(c4ccccc4)c4ccccc4)CC3)n2)cc1. The number of benzene rings is 3. The zero-order valence-electron chi connectivity index (χ0n) is 20.8. The van der Waals surface area contributed by atoms with E-state index in [1.807, 2.05) is 90.7 Å². The highest BCUT2D eigenvalue weighted by Gasteiger charge is 2.30. The number of carbonyl (C=O) groups is 1. The van der Waals surface area contributed by atoms with Crippen LogP contribution in [-0.2, 0) is 4.79 Å². The molecule has 1 aliphatic rings. The molecule has 6 nitrogen and oxygen atoms in total. The van der Waals surface area contributed by atoms with Gasteiger partial charge in [0.25, 0.3) is 0 Å². The maximum Gasteiger partial charge on any atom is 0.234 e. The maximum atomic E-state index is 13.7. The highest BCUT2D eigenvalue weighted by atomic mass is 16.2. The lowest BCUT2D eigenvalue weighted by Gasteiger charge is -2.36. The minimum absolute atomic E-state index is 0.138. The molecule has 182 valence electrons. The summed E-state index contributed by atoms with van der Waals surface area (Å²) in [4.78, 5) is 27.3. The summed E-state index contributed by atoms with van der Waals surface area (Å²) in [5, 5.41) is 3.39. The van der Waals surface area contributed by atoms with Crippen LogP contribution in [0.2, 0.25) is 0 Å². The molecule has 1 amide bonds. The van der Waals surface area contributed by atoms with Crippen molar-refractivity contribution in [1.82, 2.24) is 14.9 Å². The van der Waals surface area contributed by atoms with Crippen LogP contribution in [-0.4, -0.2) is 47.0 Å². The second kappa shape index (κ2) is 10.6. The molecular weight excluding hydrogens is 446 g/mol. The van der Waals surface area contributed by atoms with E-state index < -0.39 is 0 Å². The number of nitrogens with zero attached hydrogens (tertiary/aromatic N) is 4. The first kappa shape index (κ1) is 23.5.